The van der Waals surface area contributed by atoms with Crippen LogP contribution in [-0.4, -0.2) is 32.8 Å². The highest BCUT2D eigenvalue weighted by Gasteiger charge is 2.22. The zero-order valence-electron chi connectivity index (χ0n) is 21.6. The number of aromatic nitrogens is 2. The van der Waals surface area contributed by atoms with E-state index < -0.39 is 0 Å². The molecule has 5 rings (SSSR count). The lowest BCUT2D eigenvalue weighted by Crippen LogP contribution is -2.37. The van der Waals surface area contributed by atoms with Gasteiger partial charge in [0.1, 0.15) is 12.3 Å². The smallest absolute Gasteiger partial charge is 0.254 e. The summed E-state index contributed by atoms with van der Waals surface area (Å²) in [7, 11) is 0. The lowest BCUT2D eigenvalue weighted by atomic mass is 10.1. The fourth-order valence-electron chi connectivity index (χ4n) is 4.14. The SMILES string of the molecule is Cc1ccc(C(=O)N(CC(=O)Nc2nc(-c3ccc(Cl)cc3)cn2-c2ccc(C)cc2)Cc2ccco2)cc1. The van der Waals surface area contributed by atoms with Crippen molar-refractivity contribution >= 4 is 29.4 Å². The lowest BCUT2D eigenvalue weighted by Gasteiger charge is -2.21. The van der Waals surface area contributed by atoms with E-state index in [0.29, 0.717) is 28.0 Å². The zero-order chi connectivity index (χ0) is 27.4. The molecule has 0 saturated heterocycles. The van der Waals surface area contributed by atoms with Gasteiger partial charge in [0.25, 0.3) is 5.91 Å². The number of nitrogens with zero attached hydrogens (tertiary/aromatic N) is 3. The van der Waals surface area contributed by atoms with Gasteiger partial charge in [0, 0.05) is 28.0 Å². The van der Waals surface area contributed by atoms with Crippen LogP contribution >= 0.6 is 11.6 Å². The van der Waals surface area contributed by atoms with Gasteiger partial charge in [-0.3, -0.25) is 19.5 Å². The molecule has 8 heteroatoms. The van der Waals surface area contributed by atoms with Gasteiger partial charge in [0.15, 0.2) is 0 Å². The maximum absolute atomic E-state index is 13.4. The number of rotatable bonds is 8. The number of furan rings is 1. The van der Waals surface area contributed by atoms with Crippen molar-refractivity contribution in [3.63, 3.8) is 0 Å². The number of nitrogens with one attached hydrogen (secondary N) is 1. The molecule has 196 valence electrons. The molecule has 0 aliphatic rings. The summed E-state index contributed by atoms with van der Waals surface area (Å²) in [6.07, 6.45) is 3.40. The standard InChI is InChI=1S/C31H27ClN4O3/c1-21-5-9-24(10-6-21)30(38)35(18-27-4-3-17-39-27)20-29(37)34-31-33-28(23-11-13-25(32)14-12-23)19-36(31)26-15-7-22(2)8-16-26/h3-17,19H,18,20H2,1-2H3,(H,33,34,37). The number of halogens is 1. The lowest BCUT2D eigenvalue weighted by molar-refractivity contribution is -0.117. The molecule has 0 bridgehead atoms. The molecule has 2 aromatic heterocycles. The number of carbonyl (C=O) groups excluding carboxylic acids is 2. The molecule has 39 heavy (non-hydrogen) atoms. The number of aryl methyl sites for hydroxylation is 2. The Kier molecular flexibility index (Phi) is 7.61. The second-order valence-electron chi connectivity index (χ2n) is 9.32. The van der Waals surface area contributed by atoms with Crippen LogP contribution in [0.4, 0.5) is 5.95 Å². The predicted molar refractivity (Wildman–Crippen MR) is 152 cm³/mol. The van der Waals surface area contributed by atoms with Crippen molar-refractivity contribution in [3.05, 3.63) is 125 Å². The third kappa shape index (κ3) is 6.27. The van der Waals surface area contributed by atoms with Gasteiger partial charge in [0.05, 0.1) is 18.5 Å². The Morgan fingerprint density at radius 1 is 0.923 bits per heavy atom. The topological polar surface area (TPSA) is 80.4 Å². The van der Waals surface area contributed by atoms with Crippen LogP contribution in [0.3, 0.4) is 0 Å². The minimum Gasteiger partial charge on any atom is -0.467 e. The summed E-state index contributed by atoms with van der Waals surface area (Å²) in [6.45, 7) is 3.93. The first-order valence-corrected chi connectivity index (χ1v) is 12.8. The highest BCUT2D eigenvalue weighted by atomic mass is 35.5. The van der Waals surface area contributed by atoms with Crippen LogP contribution in [0.5, 0.6) is 0 Å². The van der Waals surface area contributed by atoms with Crippen LogP contribution in [0.25, 0.3) is 16.9 Å². The molecule has 0 unspecified atom stereocenters. The van der Waals surface area contributed by atoms with Gasteiger partial charge in [0.2, 0.25) is 11.9 Å². The van der Waals surface area contributed by atoms with Crippen molar-refractivity contribution in [1.82, 2.24) is 14.5 Å². The number of anilines is 1. The van der Waals surface area contributed by atoms with E-state index >= 15 is 0 Å². The molecule has 3 aromatic carbocycles. The second-order valence-corrected chi connectivity index (χ2v) is 9.75. The summed E-state index contributed by atoms with van der Waals surface area (Å²) >= 11 is 6.07. The van der Waals surface area contributed by atoms with E-state index in [9.17, 15) is 9.59 Å². The van der Waals surface area contributed by atoms with Crippen LogP contribution in [0.15, 0.2) is 102 Å². The predicted octanol–water partition coefficient (Wildman–Crippen LogP) is 6.68. The highest BCUT2D eigenvalue weighted by Crippen LogP contribution is 2.26. The minimum absolute atomic E-state index is 0.148. The average molecular weight is 539 g/mol. The number of benzene rings is 3. The first kappa shape index (κ1) is 26.0. The van der Waals surface area contributed by atoms with Gasteiger partial charge in [-0.1, -0.05) is 59.1 Å². The maximum atomic E-state index is 13.4. The van der Waals surface area contributed by atoms with Crippen molar-refractivity contribution in [1.29, 1.82) is 0 Å². The first-order chi connectivity index (χ1) is 18.9. The summed E-state index contributed by atoms with van der Waals surface area (Å²) in [5.74, 6) is 0.262. The van der Waals surface area contributed by atoms with Crippen LogP contribution in [0.1, 0.15) is 27.2 Å². The van der Waals surface area contributed by atoms with Gasteiger partial charge < -0.3 is 9.32 Å². The van der Waals surface area contributed by atoms with Gasteiger partial charge in [-0.05, 0) is 62.4 Å². The molecule has 0 spiro atoms. The fraction of sp³-hybridized carbons (Fsp3) is 0.129. The van der Waals surface area contributed by atoms with Crippen LogP contribution in [-0.2, 0) is 11.3 Å². The molecule has 0 radical (unpaired) electrons. The average Bonchev–Trinajstić information content (AvgIpc) is 3.59. The largest absolute Gasteiger partial charge is 0.467 e. The monoisotopic (exact) mass is 538 g/mol. The number of hydrogen-bond donors (Lipinski definition) is 1. The Morgan fingerprint density at radius 2 is 1.59 bits per heavy atom. The zero-order valence-corrected chi connectivity index (χ0v) is 22.4. The molecule has 0 fully saturated rings. The van der Waals surface area contributed by atoms with E-state index in [1.54, 1.807) is 42.7 Å². The minimum atomic E-state index is -0.386. The third-order valence-electron chi connectivity index (χ3n) is 6.26. The molecule has 0 aliphatic carbocycles. The molecular weight excluding hydrogens is 512 g/mol. The summed E-state index contributed by atoms with van der Waals surface area (Å²) in [5.41, 5.74) is 5.02. The number of amides is 2. The Labute approximate surface area is 231 Å². The van der Waals surface area contributed by atoms with Crippen LogP contribution in [0, 0.1) is 13.8 Å². The quantitative estimate of drug-likeness (QED) is 0.239. The summed E-state index contributed by atoms with van der Waals surface area (Å²) in [4.78, 5) is 32.9. The molecule has 5 aromatic rings. The Bertz CT molecular complexity index is 1570. The summed E-state index contributed by atoms with van der Waals surface area (Å²) in [5, 5.41) is 3.54. The summed E-state index contributed by atoms with van der Waals surface area (Å²) < 4.78 is 7.28. The second kappa shape index (κ2) is 11.4. The fourth-order valence-corrected chi connectivity index (χ4v) is 4.26. The van der Waals surface area contributed by atoms with Crippen molar-refractivity contribution in [2.75, 3.05) is 11.9 Å². The Hall–Kier alpha value is -4.62. The molecule has 0 aliphatic heterocycles. The number of imidazole rings is 1. The Balaban J connectivity index is 1.43. The Morgan fingerprint density at radius 3 is 2.23 bits per heavy atom. The molecule has 2 amide bonds. The van der Waals surface area contributed by atoms with E-state index in [1.165, 1.54) is 4.90 Å². The van der Waals surface area contributed by atoms with E-state index in [4.69, 9.17) is 21.0 Å². The van der Waals surface area contributed by atoms with E-state index in [0.717, 1.165) is 22.4 Å². The molecule has 1 N–H and O–H groups in total. The van der Waals surface area contributed by atoms with Crippen molar-refractivity contribution in [2.24, 2.45) is 0 Å². The van der Waals surface area contributed by atoms with E-state index in [1.807, 2.05) is 73.1 Å². The molecular formula is C31H27ClN4O3. The van der Waals surface area contributed by atoms with Gasteiger partial charge in [-0.25, -0.2) is 4.98 Å². The van der Waals surface area contributed by atoms with E-state index in [2.05, 4.69) is 5.32 Å². The number of hydrogen-bond acceptors (Lipinski definition) is 4. The number of carbonyl (C=O) groups is 2. The first-order valence-electron chi connectivity index (χ1n) is 12.5. The van der Waals surface area contributed by atoms with Crippen molar-refractivity contribution in [2.45, 2.75) is 20.4 Å². The van der Waals surface area contributed by atoms with Crippen molar-refractivity contribution < 1.29 is 14.0 Å². The van der Waals surface area contributed by atoms with Gasteiger partial charge >= 0.3 is 0 Å². The maximum Gasteiger partial charge on any atom is 0.254 e. The molecule has 0 atom stereocenters. The highest BCUT2D eigenvalue weighted by molar-refractivity contribution is 6.30. The molecule has 0 saturated carbocycles. The van der Waals surface area contributed by atoms with Crippen molar-refractivity contribution in [3.8, 4) is 16.9 Å². The van der Waals surface area contributed by atoms with Gasteiger partial charge in [-0.15, -0.1) is 0 Å². The van der Waals surface area contributed by atoms with Gasteiger partial charge in [-0.2, -0.15) is 0 Å². The molecule has 7 nitrogen and oxygen atoms in total. The summed E-state index contributed by atoms with van der Waals surface area (Å²) in [6, 6.07) is 26.0. The molecule has 2 heterocycles. The van der Waals surface area contributed by atoms with Crippen LogP contribution in [0.2, 0.25) is 5.02 Å². The normalized spacial score (nSPS) is 10.8. The third-order valence-corrected chi connectivity index (χ3v) is 6.51. The van der Waals surface area contributed by atoms with Crippen LogP contribution < -0.4 is 5.32 Å². The van der Waals surface area contributed by atoms with E-state index in [-0.39, 0.29) is 24.9 Å².